The Labute approximate surface area is 152 Å². The van der Waals surface area contributed by atoms with Gasteiger partial charge in [-0.25, -0.2) is 0 Å². The molecular weight excluding hydrogens is 340 g/mol. The number of anilines is 1. The highest BCUT2D eigenvalue weighted by molar-refractivity contribution is 6.30. The lowest BCUT2D eigenvalue weighted by molar-refractivity contribution is 0.0799. The zero-order valence-corrected chi connectivity index (χ0v) is 15.0. The average Bonchev–Trinajstić information content (AvgIpc) is 3.04. The van der Waals surface area contributed by atoms with E-state index in [1.165, 1.54) is 0 Å². The van der Waals surface area contributed by atoms with Crippen molar-refractivity contribution in [1.29, 1.82) is 0 Å². The number of benzene rings is 1. The second kappa shape index (κ2) is 6.73. The van der Waals surface area contributed by atoms with Crippen molar-refractivity contribution in [2.24, 2.45) is 0 Å². The maximum Gasteiger partial charge on any atom is 0.257 e. The van der Waals surface area contributed by atoms with Gasteiger partial charge in [-0.15, -0.1) is 0 Å². The van der Waals surface area contributed by atoms with Crippen LogP contribution < -0.4 is 4.90 Å². The van der Waals surface area contributed by atoms with Crippen LogP contribution in [0.2, 0.25) is 5.02 Å². The van der Waals surface area contributed by atoms with E-state index in [-0.39, 0.29) is 11.8 Å². The highest BCUT2D eigenvalue weighted by Crippen LogP contribution is 2.38. The summed E-state index contributed by atoms with van der Waals surface area (Å²) in [6.07, 6.45) is 0.826. The number of rotatable bonds is 2. The van der Waals surface area contributed by atoms with E-state index in [1.54, 1.807) is 4.90 Å². The van der Waals surface area contributed by atoms with E-state index in [9.17, 15) is 4.79 Å². The summed E-state index contributed by atoms with van der Waals surface area (Å²) in [6, 6.07) is 9.71. The Hall–Kier alpha value is -1.98. The molecule has 0 N–H and O–H groups in total. The van der Waals surface area contributed by atoms with E-state index >= 15 is 0 Å². The van der Waals surface area contributed by atoms with Gasteiger partial charge in [-0.2, -0.15) is 0 Å². The molecule has 2 aromatic rings. The maximum absolute atomic E-state index is 12.8. The normalized spacial score (nSPS) is 21.2. The van der Waals surface area contributed by atoms with Gasteiger partial charge in [0.15, 0.2) is 5.88 Å². The summed E-state index contributed by atoms with van der Waals surface area (Å²) >= 11 is 6.03. The number of hydrogen-bond donors (Lipinski definition) is 0. The Bertz CT molecular complexity index is 765. The van der Waals surface area contributed by atoms with Crippen LogP contribution in [0.15, 0.2) is 34.7 Å². The second-order valence-electron chi connectivity index (χ2n) is 6.58. The molecule has 1 atom stereocenters. The van der Waals surface area contributed by atoms with Crippen molar-refractivity contribution >= 4 is 23.4 Å². The molecule has 25 heavy (non-hydrogen) atoms. The van der Waals surface area contributed by atoms with E-state index in [4.69, 9.17) is 20.8 Å². The Balaban J connectivity index is 1.75. The summed E-state index contributed by atoms with van der Waals surface area (Å²) in [4.78, 5) is 16.7. The van der Waals surface area contributed by atoms with Crippen molar-refractivity contribution in [1.82, 2.24) is 4.90 Å². The van der Waals surface area contributed by atoms with Gasteiger partial charge >= 0.3 is 0 Å². The Morgan fingerprint density at radius 3 is 2.56 bits per heavy atom. The summed E-state index contributed by atoms with van der Waals surface area (Å²) in [5, 5.41) is 0.708. The van der Waals surface area contributed by atoms with Gasteiger partial charge in [0.25, 0.3) is 5.91 Å². The third-order valence-electron chi connectivity index (χ3n) is 4.99. The van der Waals surface area contributed by atoms with E-state index < -0.39 is 0 Å². The topological polar surface area (TPSA) is 45.9 Å². The number of morpholine rings is 1. The molecule has 1 amide bonds. The van der Waals surface area contributed by atoms with Gasteiger partial charge in [0, 0.05) is 43.7 Å². The van der Waals surface area contributed by atoms with Crippen LogP contribution in [0, 0.1) is 0 Å². The molecule has 132 valence electrons. The third-order valence-corrected chi connectivity index (χ3v) is 5.24. The van der Waals surface area contributed by atoms with Gasteiger partial charge in [0.1, 0.15) is 5.76 Å². The van der Waals surface area contributed by atoms with Crippen molar-refractivity contribution in [3.05, 3.63) is 52.2 Å². The molecule has 1 aromatic heterocycles. The highest BCUT2D eigenvalue weighted by Gasteiger charge is 2.32. The van der Waals surface area contributed by atoms with Crippen LogP contribution in [0.25, 0.3) is 0 Å². The third kappa shape index (κ3) is 3.14. The molecule has 0 spiro atoms. The van der Waals surface area contributed by atoms with Crippen LogP contribution in [0.4, 0.5) is 5.88 Å². The maximum atomic E-state index is 12.8. The molecule has 0 bridgehead atoms. The van der Waals surface area contributed by atoms with Crippen LogP contribution in [0.3, 0.4) is 0 Å². The molecule has 2 aliphatic heterocycles. The van der Waals surface area contributed by atoms with Gasteiger partial charge in [0.2, 0.25) is 0 Å². The molecule has 4 rings (SSSR count). The molecule has 1 fully saturated rings. The second-order valence-corrected chi connectivity index (χ2v) is 7.02. The molecule has 0 radical (unpaired) electrons. The van der Waals surface area contributed by atoms with Crippen molar-refractivity contribution in [3.63, 3.8) is 0 Å². The Morgan fingerprint density at radius 2 is 1.84 bits per heavy atom. The smallest absolute Gasteiger partial charge is 0.257 e. The number of carbonyl (C=O) groups is 1. The number of halogens is 1. The number of amides is 1. The number of hydrogen-bond acceptors (Lipinski definition) is 4. The van der Waals surface area contributed by atoms with Crippen LogP contribution in [-0.2, 0) is 4.74 Å². The first kappa shape index (κ1) is 16.5. The highest BCUT2D eigenvalue weighted by atomic mass is 35.5. The summed E-state index contributed by atoms with van der Waals surface area (Å²) in [5.74, 6) is 1.60. The summed E-state index contributed by atoms with van der Waals surface area (Å²) in [6.45, 7) is 3.62. The standard InChI is InChI=1S/C19H21ClN2O3/c1-21-7-6-15(13-2-4-14(20)5-3-13)18-16(19(21)23)12-17(25-18)22-8-10-24-11-9-22/h2-5,12,15H,6-11H2,1H3. The van der Waals surface area contributed by atoms with Crippen LogP contribution in [0.1, 0.15) is 34.0 Å². The lowest BCUT2D eigenvalue weighted by Gasteiger charge is -2.26. The zero-order valence-electron chi connectivity index (χ0n) is 14.2. The fourth-order valence-corrected chi connectivity index (χ4v) is 3.66. The molecule has 1 aromatic carbocycles. The first-order chi connectivity index (χ1) is 12.1. The summed E-state index contributed by atoms with van der Waals surface area (Å²) in [5.41, 5.74) is 1.79. The fraction of sp³-hybridized carbons (Fsp3) is 0.421. The lowest BCUT2D eigenvalue weighted by atomic mass is 9.92. The summed E-state index contributed by atoms with van der Waals surface area (Å²) < 4.78 is 11.6. The number of fused-ring (bicyclic) bond motifs is 1. The van der Waals surface area contributed by atoms with Gasteiger partial charge < -0.3 is 19.0 Å². The van der Waals surface area contributed by atoms with Crippen molar-refractivity contribution < 1.29 is 13.9 Å². The van der Waals surface area contributed by atoms with Crippen molar-refractivity contribution in [2.45, 2.75) is 12.3 Å². The molecule has 1 saturated heterocycles. The molecule has 6 heteroatoms. The van der Waals surface area contributed by atoms with Gasteiger partial charge in [-0.1, -0.05) is 23.7 Å². The number of ether oxygens (including phenoxy) is 1. The predicted octanol–water partition coefficient (Wildman–Crippen LogP) is 3.38. The lowest BCUT2D eigenvalue weighted by Crippen LogP contribution is -2.36. The van der Waals surface area contributed by atoms with E-state index in [2.05, 4.69) is 4.90 Å². The minimum absolute atomic E-state index is 0.0229. The molecule has 0 aliphatic carbocycles. The molecular formula is C19H21ClN2O3. The minimum atomic E-state index is 0.0229. The van der Waals surface area contributed by atoms with Crippen LogP contribution >= 0.6 is 11.6 Å². The minimum Gasteiger partial charge on any atom is -0.444 e. The Morgan fingerprint density at radius 1 is 1.12 bits per heavy atom. The van der Waals surface area contributed by atoms with E-state index in [0.29, 0.717) is 30.3 Å². The average molecular weight is 361 g/mol. The molecule has 2 aliphatic rings. The monoisotopic (exact) mass is 360 g/mol. The van der Waals surface area contributed by atoms with Gasteiger partial charge in [-0.3, -0.25) is 4.79 Å². The molecule has 3 heterocycles. The van der Waals surface area contributed by atoms with E-state index in [0.717, 1.165) is 36.7 Å². The SMILES string of the molecule is CN1CCC(c2ccc(Cl)cc2)c2oc(N3CCOCC3)cc2C1=O. The quantitative estimate of drug-likeness (QED) is 0.823. The van der Waals surface area contributed by atoms with Gasteiger partial charge in [0.05, 0.1) is 18.8 Å². The molecule has 0 saturated carbocycles. The number of carbonyl (C=O) groups excluding carboxylic acids is 1. The predicted molar refractivity (Wildman–Crippen MR) is 96.6 cm³/mol. The first-order valence-corrected chi connectivity index (χ1v) is 8.98. The van der Waals surface area contributed by atoms with E-state index in [1.807, 2.05) is 37.4 Å². The van der Waals surface area contributed by atoms with Crippen molar-refractivity contribution in [3.8, 4) is 0 Å². The first-order valence-electron chi connectivity index (χ1n) is 8.61. The number of furan rings is 1. The fourth-order valence-electron chi connectivity index (χ4n) is 3.53. The van der Waals surface area contributed by atoms with Gasteiger partial charge in [-0.05, 0) is 24.1 Å². The largest absolute Gasteiger partial charge is 0.444 e. The Kier molecular flexibility index (Phi) is 4.44. The number of nitrogens with zero attached hydrogens (tertiary/aromatic N) is 2. The van der Waals surface area contributed by atoms with Crippen molar-refractivity contribution in [2.75, 3.05) is 44.8 Å². The molecule has 1 unspecified atom stereocenters. The summed E-state index contributed by atoms with van der Waals surface area (Å²) in [7, 11) is 1.85. The van der Waals surface area contributed by atoms with Crippen LogP contribution in [-0.4, -0.2) is 50.7 Å². The molecule has 5 nitrogen and oxygen atoms in total. The zero-order chi connectivity index (χ0) is 17.4. The van der Waals surface area contributed by atoms with Crippen LogP contribution in [0.5, 0.6) is 0 Å².